The molecule has 64 heavy (non-hydrogen) atoms. The Labute approximate surface area is 377 Å². The van der Waals surface area contributed by atoms with Crippen molar-refractivity contribution in [3.8, 4) is 5.75 Å². The average molecular weight is 878 g/mol. The number of aromatic amines is 1. The molecule has 13 heteroatoms. The third-order valence-corrected chi connectivity index (χ3v) is 16.1. The smallest absolute Gasteiger partial charge is 0.407 e. The standard InChI is InChI=1S/C51H67N5O8/c1-9-33-24-34-27-50(46(58)62-8,42-36(17-22-55(28-33)29-34)35-14-11-12-15-39(35)53-42)38-25-37-40(26-41(38)61-7)54(6)44-49(37)19-23-56-21-13-18-48(10-2,43(49)56)45(64-32(5)57)51(44,60)30-63-47(59)52-20-16-31(3)4/h11-15,18,24-26,31,34,43-45,53,60H,9-10,16-17,19-23,27-30H2,1-8H3,(H,52,59)/t34-,43-,44+,45+,48+,49+,50-,51-/m0/s1. The predicted molar refractivity (Wildman–Crippen MR) is 246 cm³/mol. The van der Waals surface area contributed by atoms with Crippen molar-refractivity contribution < 1.29 is 38.4 Å². The van der Waals surface area contributed by atoms with Crippen molar-refractivity contribution in [2.75, 3.05) is 72.0 Å². The third kappa shape index (κ3) is 6.53. The number of anilines is 1. The molecule has 6 aliphatic rings. The van der Waals surface area contributed by atoms with Crippen LogP contribution in [0.5, 0.6) is 5.75 Å². The number of nitrogens with zero attached hydrogens (tertiary/aromatic N) is 3. The number of alkyl carbamates (subject to hydrolysis) is 1. The number of carbonyl (C=O) groups is 3. The maximum Gasteiger partial charge on any atom is 0.407 e. The van der Waals surface area contributed by atoms with Gasteiger partial charge in [0.25, 0.3) is 0 Å². The summed E-state index contributed by atoms with van der Waals surface area (Å²) >= 11 is 0. The average Bonchev–Trinajstić information content (AvgIpc) is 3.95. The van der Waals surface area contributed by atoms with Gasteiger partial charge in [0.15, 0.2) is 5.60 Å². The van der Waals surface area contributed by atoms with Gasteiger partial charge in [0.2, 0.25) is 0 Å². The summed E-state index contributed by atoms with van der Waals surface area (Å²) in [6, 6.07) is 11.6. The van der Waals surface area contributed by atoms with Crippen molar-refractivity contribution in [3.63, 3.8) is 0 Å². The molecule has 2 aromatic carbocycles. The second kappa shape index (κ2) is 16.5. The molecule has 1 spiro atoms. The molecule has 5 aliphatic heterocycles. The minimum absolute atomic E-state index is 0.0259. The number of benzene rings is 2. The number of hydrogen-bond donors (Lipinski definition) is 3. The van der Waals surface area contributed by atoms with E-state index in [0.29, 0.717) is 49.6 Å². The number of methoxy groups -OCH3 is 2. The highest BCUT2D eigenvalue weighted by molar-refractivity contribution is 5.94. The van der Waals surface area contributed by atoms with Crippen LogP contribution in [0.2, 0.25) is 0 Å². The van der Waals surface area contributed by atoms with E-state index in [1.807, 2.05) is 19.2 Å². The van der Waals surface area contributed by atoms with Gasteiger partial charge in [0, 0.05) is 97.5 Å². The molecule has 9 atom stereocenters. The summed E-state index contributed by atoms with van der Waals surface area (Å²) in [5.74, 6) is 0.0460. The SMILES string of the molecule is CCC1=C[C@@H]2CN(CCc3c([nH]c4ccccc34)[C@@](C(=O)OC)(c3cc4c(cc3OC)N(C)[C@H]3[C@@](O)(COC(=O)NCCC(C)C)[C@H](OC(C)=O)[C@]5(CC)C=CCN6CC[C@]43[C@@H]65)C2)C1. The van der Waals surface area contributed by atoms with Crippen LogP contribution in [-0.4, -0.2) is 129 Å². The summed E-state index contributed by atoms with van der Waals surface area (Å²) < 4.78 is 24.9. The van der Waals surface area contributed by atoms with Gasteiger partial charge in [-0.05, 0) is 80.2 Å². The molecule has 6 heterocycles. The Hall–Kier alpha value is -4.85. The van der Waals surface area contributed by atoms with E-state index in [2.05, 4.69) is 95.2 Å². The van der Waals surface area contributed by atoms with E-state index in [1.54, 1.807) is 7.11 Å². The Morgan fingerprint density at radius 2 is 1.86 bits per heavy atom. The Balaban J connectivity index is 1.30. The fourth-order valence-electron chi connectivity index (χ4n) is 13.7. The summed E-state index contributed by atoms with van der Waals surface area (Å²) in [7, 11) is 5.10. The number of hydrogen-bond acceptors (Lipinski definition) is 11. The number of rotatable bonds is 11. The van der Waals surface area contributed by atoms with Gasteiger partial charge in [-0.2, -0.15) is 0 Å². The van der Waals surface area contributed by atoms with Crippen molar-refractivity contribution >= 4 is 34.6 Å². The molecule has 2 fully saturated rings. The van der Waals surface area contributed by atoms with Gasteiger partial charge in [-0.25, -0.2) is 4.79 Å². The van der Waals surface area contributed by atoms with Gasteiger partial charge in [-0.3, -0.25) is 19.4 Å². The van der Waals surface area contributed by atoms with Crippen LogP contribution in [0.3, 0.4) is 0 Å². The number of esters is 2. The van der Waals surface area contributed by atoms with Crippen LogP contribution < -0.4 is 15.0 Å². The molecule has 9 rings (SSSR count). The van der Waals surface area contributed by atoms with Crippen LogP contribution >= 0.6 is 0 Å². The molecule has 3 N–H and O–H groups in total. The molecule has 1 saturated heterocycles. The zero-order valence-electron chi connectivity index (χ0n) is 38.9. The Bertz CT molecular complexity index is 2390. The second-order valence-electron chi connectivity index (χ2n) is 19.9. The zero-order valence-corrected chi connectivity index (χ0v) is 38.9. The second-order valence-corrected chi connectivity index (χ2v) is 19.9. The van der Waals surface area contributed by atoms with Crippen molar-refractivity contribution in [1.82, 2.24) is 20.1 Å². The van der Waals surface area contributed by atoms with E-state index in [9.17, 15) is 14.7 Å². The summed E-state index contributed by atoms with van der Waals surface area (Å²) in [6.45, 7) is 13.8. The van der Waals surface area contributed by atoms with Crippen molar-refractivity contribution in [1.29, 1.82) is 0 Å². The van der Waals surface area contributed by atoms with Crippen LogP contribution in [-0.2, 0) is 41.1 Å². The lowest BCUT2D eigenvalue weighted by Gasteiger charge is -2.64. The molecule has 0 radical (unpaired) electrons. The summed E-state index contributed by atoms with van der Waals surface area (Å²) in [5.41, 5.74) is 1.88. The number of nitrogens with one attached hydrogen (secondary N) is 2. The Kier molecular flexibility index (Phi) is 11.5. The molecular weight excluding hydrogens is 811 g/mol. The molecule has 2 bridgehead atoms. The minimum Gasteiger partial charge on any atom is -0.496 e. The van der Waals surface area contributed by atoms with E-state index in [1.165, 1.54) is 19.6 Å². The quantitative estimate of drug-likeness (QED) is 0.112. The van der Waals surface area contributed by atoms with Gasteiger partial charge in [-0.15, -0.1) is 0 Å². The number of H-pyrrole nitrogens is 1. The number of amides is 1. The highest BCUT2D eigenvalue weighted by atomic mass is 16.6. The molecule has 1 aliphatic carbocycles. The largest absolute Gasteiger partial charge is 0.496 e. The molecular formula is C51H67N5O8. The first kappa shape index (κ1) is 44.4. The first-order valence-electron chi connectivity index (χ1n) is 23.5. The first-order valence-corrected chi connectivity index (χ1v) is 23.5. The van der Waals surface area contributed by atoms with E-state index in [4.69, 9.17) is 18.9 Å². The lowest BCUT2D eigenvalue weighted by molar-refractivity contribution is -0.228. The Morgan fingerprint density at radius 1 is 1.06 bits per heavy atom. The number of ether oxygens (including phenoxy) is 4. The van der Waals surface area contributed by atoms with Crippen LogP contribution in [0.4, 0.5) is 10.5 Å². The topological polar surface area (TPSA) is 146 Å². The predicted octanol–water partition coefficient (Wildman–Crippen LogP) is 6.40. The Morgan fingerprint density at radius 3 is 2.58 bits per heavy atom. The maximum absolute atomic E-state index is 15.4. The normalized spacial score (nSPS) is 32.6. The lowest BCUT2D eigenvalue weighted by atomic mass is 9.47. The van der Waals surface area contributed by atoms with Gasteiger partial charge < -0.3 is 39.3 Å². The maximum atomic E-state index is 15.4. The number of para-hydroxylation sites is 1. The molecule has 1 amide bonds. The van der Waals surface area contributed by atoms with E-state index < -0.39 is 52.7 Å². The molecule has 1 aromatic heterocycles. The van der Waals surface area contributed by atoms with E-state index in [0.717, 1.165) is 78.9 Å². The molecule has 13 nitrogen and oxygen atoms in total. The fourth-order valence-corrected chi connectivity index (χ4v) is 13.7. The molecule has 344 valence electrons. The fraction of sp³-hybridized carbons (Fsp3) is 0.588. The van der Waals surface area contributed by atoms with Gasteiger partial charge >= 0.3 is 18.0 Å². The van der Waals surface area contributed by atoms with Crippen LogP contribution in [0.25, 0.3) is 10.9 Å². The van der Waals surface area contributed by atoms with Crippen molar-refractivity contribution in [3.05, 3.63) is 82.6 Å². The highest BCUT2D eigenvalue weighted by Gasteiger charge is 2.78. The third-order valence-electron chi connectivity index (χ3n) is 16.1. The van der Waals surface area contributed by atoms with Gasteiger partial charge in [-0.1, -0.05) is 69.7 Å². The number of aromatic nitrogens is 1. The summed E-state index contributed by atoms with van der Waals surface area (Å²) in [6.07, 6.45) is 9.04. The van der Waals surface area contributed by atoms with Crippen LogP contribution in [0, 0.1) is 17.3 Å². The van der Waals surface area contributed by atoms with Crippen molar-refractivity contribution in [2.45, 2.75) is 108 Å². The lowest BCUT2D eigenvalue weighted by Crippen LogP contribution is -2.80. The van der Waals surface area contributed by atoms with Crippen LogP contribution in [0.15, 0.2) is 60.2 Å². The molecule has 1 saturated carbocycles. The minimum atomic E-state index is -1.89. The highest BCUT2D eigenvalue weighted by Crippen LogP contribution is 2.68. The van der Waals surface area contributed by atoms with E-state index in [-0.39, 0.29) is 17.9 Å². The number of fused-ring (bicyclic) bond motifs is 6. The first-order chi connectivity index (χ1) is 30.7. The zero-order chi connectivity index (χ0) is 45.3. The number of carbonyl (C=O) groups excluding carboxylic acids is 3. The van der Waals surface area contributed by atoms with Gasteiger partial charge in [0.1, 0.15) is 23.9 Å². The van der Waals surface area contributed by atoms with Gasteiger partial charge in [0.05, 0.1) is 20.3 Å². The number of aliphatic hydroxyl groups is 1. The monoisotopic (exact) mass is 877 g/mol. The van der Waals surface area contributed by atoms with Crippen molar-refractivity contribution in [2.24, 2.45) is 17.3 Å². The number of likely N-dealkylation sites (N-methyl/N-ethyl adjacent to an activating group) is 1. The van der Waals surface area contributed by atoms with E-state index >= 15 is 4.79 Å². The summed E-state index contributed by atoms with van der Waals surface area (Å²) in [5, 5.41) is 17.7. The summed E-state index contributed by atoms with van der Waals surface area (Å²) in [4.78, 5) is 53.0. The van der Waals surface area contributed by atoms with Crippen LogP contribution in [0.1, 0.15) is 89.1 Å². The molecule has 1 unspecified atom stereocenters. The molecule has 3 aromatic rings.